The second kappa shape index (κ2) is 6.72. The third-order valence-electron chi connectivity index (χ3n) is 3.76. The van der Waals surface area contributed by atoms with Crippen molar-refractivity contribution in [3.05, 3.63) is 29.6 Å². The van der Waals surface area contributed by atoms with Crippen LogP contribution in [0.5, 0.6) is 0 Å². The topological polar surface area (TPSA) is 75.0 Å². The summed E-state index contributed by atoms with van der Waals surface area (Å²) in [5.41, 5.74) is 7.42. The second-order valence-electron chi connectivity index (χ2n) is 5.40. The molecule has 0 aliphatic rings. The largest absolute Gasteiger partial charge is 0.366 e. The highest BCUT2D eigenvalue weighted by atomic mass is 16.1. The van der Waals surface area contributed by atoms with Gasteiger partial charge in [0.25, 0.3) is 5.91 Å². The minimum absolute atomic E-state index is 0.193. The maximum absolute atomic E-state index is 11.5. The molecule has 21 heavy (non-hydrogen) atoms. The van der Waals surface area contributed by atoms with Gasteiger partial charge in [-0.3, -0.25) is 9.69 Å². The molecular weight excluding hydrogens is 264 g/mol. The molecule has 5 nitrogen and oxygen atoms in total. The number of rotatable bonds is 7. The fourth-order valence-corrected chi connectivity index (χ4v) is 2.69. The van der Waals surface area contributed by atoms with Gasteiger partial charge in [-0.15, -0.1) is 0 Å². The summed E-state index contributed by atoms with van der Waals surface area (Å²) in [5.74, 6) is 0.450. The van der Waals surface area contributed by atoms with Gasteiger partial charge in [0.05, 0.1) is 17.1 Å². The van der Waals surface area contributed by atoms with Gasteiger partial charge in [-0.05, 0) is 45.0 Å². The van der Waals surface area contributed by atoms with E-state index in [0.29, 0.717) is 11.1 Å². The molecule has 5 heteroatoms. The number of fused-ring (bicyclic) bond motifs is 1. The summed E-state index contributed by atoms with van der Waals surface area (Å²) >= 11 is 0. The van der Waals surface area contributed by atoms with E-state index in [1.807, 2.05) is 12.1 Å². The van der Waals surface area contributed by atoms with Gasteiger partial charge in [-0.2, -0.15) is 0 Å². The van der Waals surface area contributed by atoms with Crippen molar-refractivity contribution in [2.45, 2.75) is 39.7 Å². The Morgan fingerprint density at radius 2 is 2.00 bits per heavy atom. The number of aromatic nitrogens is 2. The van der Waals surface area contributed by atoms with Crippen LogP contribution >= 0.6 is 0 Å². The normalized spacial score (nSPS) is 13.0. The average molecular weight is 288 g/mol. The van der Waals surface area contributed by atoms with E-state index in [1.54, 1.807) is 6.07 Å². The van der Waals surface area contributed by atoms with Gasteiger partial charge in [-0.1, -0.05) is 19.9 Å². The van der Waals surface area contributed by atoms with E-state index in [2.05, 4.69) is 35.6 Å². The monoisotopic (exact) mass is 288 g/mol. The fourth-order valence-electron chi connectivity index (χ4n) is 2.69. The van der Waals surface area contributed by atoms with Crippen LogP contribution in [0.1, 0.15) is 55.8 Å². The Bertz CT molecular complexity index is 614. The molecule has 0 aliphatic carbocycles. The Morgan fingerprint density at radius 3 is 2.57 bits per heavy atom. The smallest absolute Gasteiger partial charge is 0.250 e. The molecule has 0 aliphatic heterocycles. The highest BCUT2D eigenvalue weighted by Gasteiger charge is 2.19. The van der Waals surface area contributed by atoms with Gasteiger partial charge in [-0.25, -0.2) is 4.98 Å². The lowest BCUT2D eigenvalue weighted by Crippen LogP contribution is -2.29. The molecule has 1 amide bonds. The highest BCUT2D eigenvalue weighted by Crippen LogP contribution is 2.23. The molecule has 1 aromatic heterocycles. The predicted octanol–water partition coefficient (Wildman–Crippen LogP) is 2.84. The van der Waals surface area contributed by atoms with Crippen LogP contribution in [0, 0.1) is 0 Å². The molecule has 2 rings (SSSR count). The van der Waals surface area contributed by atoms with Crippen molar-refractivity contribution >= 4 is 16.9 Å². The van der Waals surface area contributed by atoms with Gasteiger partial charge in [0, 0.05) is 0 Å². The van der Waals surface area contributed by atoms with Crippen LogP contribution < -0.4 is 5.73 Å². The van der Waals surface area contributed by atoms with Crippen molar-refractivity contribution in [3.8, 4) is 0 Å². The van der Waals surface area contributed by atoms with Crippen LogP contribution in [0.25, 0.3) is 11.0 Å². The Balaban J connectivity index is 2.37. The molecule has 0 spiro atoms. The molecule has 3 N–H and O–H groups in total. The number of carbonyl (C=O) groups is 1. The number of nitrogens with one attached hydrogen (secondary N) is 1. The zero-order valence-electron chi connectivity index (χ0n) is 13.0. The number of H-pyrrole nitrogens is 1. The van der Waals surface area contributed by atoms with Crippen molar-refractivity contribution in [2.24, 2.45) is 5.73 Å². The minimum atomic E-state index is -0.440. The number of primary amides is 1. The lowest BCUT2D eigenvalue weighted by atomic mass is 10.2. The van der Waals surface area contributed by atoms with Crippen molar-refractivity contribution in [1.29, 1.82) is 0 Å². The maximum atomic E-state index is 11.5. The number of para-hydroxylation sites is 1. The van der Waals surface area contributed by atoms with E-state index in [0.717, 1.165) is 37.3 Å². The zero-order valence-corrected chi connectivity index (χ0v) is 13.0. The highest BCUT2D eigenvalue weighted by molar-refractivity contribution is 6.04. The number of benzene rings is 1. The van der Waals surface area contributed by atoms with Gasteiger partial charge in [0.1, 0.15) is 11.3 Å². The Kier molecular flexibility index (Phi) is 4.96. The van der Waals surface area contributed by atoms with E-state index in [9.17, 15) is 4.79 Å². The van der Waals surface area contributed by atoms with Crippen LogP contribution in [0.3, 0.4) is 0 Å². The third kappa shape index (κ3) is 3.24. The number of amides is 1. The summed E-state index contributed by atoms with van der Waals surface area (Å²) in [6, 6.07) is 5.66. The van der Waals surface area contributed by atoms with Crippen molar-refractivity contribution in [2.75, 3.05) is 13.1 Å². The number of aromatic amines is 1. The van der Waals surface area contributed by atoms with Crippen molar-refractivity contribution in [1.82, 2.24) is 14.9 Å². The van der Waals surface area contributed by atoms with E-state index < -0.39 is 5.91 Å². The lowest BCUT2D eigenvalue weighted by molar-refractivity contribution is 0.100. The first-order valence-corrected chi connectivity index (χ1v) is 7.60. The number of hydrogen-bond donors (Lipinski definition) is 2. The standard InChI is InChI=1S/C16H24N4O/c1-4-9-20(10-5-2)11(3)16-18-13-8-6-7-12(15(17)21)14(13)19-16/h6-8,11H,4-5,9-10H2,1-3H3,(H2,17,21)(H,18,19). The summed E-state index contributed by atoms with van der Waals surface area (Å²) in [4.78, 5) is 21.8. The molecule has 1 aromatic carbocycles. The van der Waals surface area contributed by atoms with E-state index in [-0.39, 0.29) is 6.04 Å². The molecule has 1 unspecified atom stereocenters. The fraction of sp³-hybridized carbons (Fsp3) is 0.500. The summed E-state index contributed by atoms with van der Waals surface area (Å²) in [6.07, 6.45) is 2.22. The van der Waals surface area contributed by atoms with Crippen LogP contribution in [0.4, 0.5) is 0 Å². The number of carbonyl (C=O) groups excluding carboxylic acids is 1. The number of imidazole rings is 1. The van der Waals surface area contributed by atoms with E-state index in [4.69, 9.17) is 5.73 Å². The molecule has 1 atom stereocenters. The molecule has 0 saturated heterocycles. The molecule has 0 radical (unpaired) electrons. The van der Waals surface area contributed by atoms with E-state index in [1.165, 1.54) is 0 Å². The first-order valence-electron chi connectivity index (χ1n) is 7.60. The SMILES string of the molecule is CCCN(CCC)C(C)c1nc2c(C(N)=O)cccc2[nH]1. The van der Waals surface area contributed by atoms with Crippen LogP contribution in [-0.2, 0) is 0 Å². The van der Waals surface area contributed by atoms with Crippen molar-refractivity contribution in [3.63, 3.8) is 0 Å². The maximum Gasteiger partial charge on any atom is 0.250 e. The summed E-state index contributed by atoms with van der Waals surface area (Å²) in [6.45, 7) is 8.58. The summed E-state index contributed by atoms with van der Waals surface area (Å²) in [7, 11) is 0. The molecule has 0 fully saturated rings. The first kappa shape index (κ1) is 15.5. The second-order valence-corrected chi connectivity index (χ2v) is 5.40. The van der Waals surface area contributed by atoms with Gasteiger partial charge in [0.2, 0.25) is 0 Å². The van der Waals surface area contributed by atoms with Gasteiger partial charge < -0.3 is 10.7 Å². The molecule has 1 heterocycles. The number of hydrogen-bond acceptors (Lipinski definition) is 3. The van der Waals surface area contributed by atoms with Crippen LogP contribution in [0.2, 0.25) is 0 Å². The van der Waals surface area contributed by atoms with Gasteiger partial charge >= 0.3 is 0 Å². The Labute approximate surface area is 125 Å². The molecule has 2 aromatic rings. The average Bonchev–Trinajstić information content (AvgIpc) is 2.89. The summed E-state index contributed by atoms with van der Waals surface area (Å²) in [5, 5.41) is 0. The number of nitrogens with zero attached hydrogens (tertiary/aromatic N) is 2. The Morgan fingerprint density at radius 1 is 1.33 bits per heavy atom. The minimum Gasteiger partial charge on any atom is -0.366 e. The number of nitrogens with two attached hydrogens (primary N) is 1. The Hall–Kier alpha value is -1.88. The zero-order chi connectivity index (χ0) is 15.4. The third-order valence-corrected chi connectivity index (χ3v) is 3.76. The van der Waals surface area contributed by atoms with E-state index >= 15 is 0 Å². The van der Waals surface area contributed by atoms with Crippen LogP contribution in [-0.4, -0.2) is 33.9 Å². The van der Waals surface area contributed by atoms with Crippen LogP contribution in [0.15, 0.2) is 18.2 Å². The molecule has 0 saturated carbocycles. The quantitative estimate of drug-likeness (QED) is 0.822. The lowest BCUT2D eigenvalue weighted by Gasteiger charge is -2.26. The molecule has 114 valence electrons. The molecule has 0 bridgehead atoms. The molecular formula is C16H24N4O. The first-order chi connectivity index (χ1) is 10.1. The van der Waals surface area contributed by atoms with Gasteiger partial charge in [0.15, 0.2) is 0 Å². The summed E-state index contributed by atoms with van der Waals surface area (Å²) < 4.78 is 0. The van der Waals surface area contributed by atoms with Crippen molar-refractivity contribution < 1.29 is 4.79 Å². The predicted molar refractivity (Wildman–Crippen MR) is 85.2 cm³/mol.